The van der Waals surface area contributed by atoms with Gasteiger partial charge in [0.05, 0.1) is 12.3 Å². The second kappa shape index (κ2) is 7.98. The van der Waals surface area contributed by atoms with Crippen LogP contribution < -0.4 is 10.1 Å². The van der Waals surface area contributed by atoms with Gasteiger partial charge in [0.15, 0.2) is 0 Å². The number of ether oxygens (including phenoxy) is 2. The molecule has 21 heavy (non-hydrogen) atoms. The topological polar surface area (TPSA) is 43.4 Å². The Labute approximate surface area is 130 Å². The van der Waals surface area contributed by atoms with Gasteiger partial charge in [-0.25, -0.2) is 0 Å². The molecule has 4 nitrogen and oxygen atoms in total. The summed E-state index contributed by atoms with van der Waals surface area (Å²) < 4.78 is 11.0. The third kappa shape index (κ3) is 4.70. The molecule has 0 aliphatic carbocycles. The largest absolute Gasteiger partial charge is 0.455 e. The van der Waals surface area contributed by atoms with Crippen LogP contribution in [-0.4, -0.2) is 25.2 Å². The van der Waals surface area contributed by atoms with Crippen molar-refractivity contribution in [3.05, 3.63) is 52.8 Å². The molecule has 0 atom stereocenters. The quantitative estimate of drug-likeness (QED) is 0.794. The monoisotopic (exact) mass is 306 g/mol. The SMILES string of the molecule is COCCNCc1cc(Cl)ccc1Oc1cccnc1C. The molecule has 0 aliphatic heterocycles. The Kier molecular flexibility index (Phi) is 5.99. The molecule has 0 saturated heterocycles. The summed E-state index contributed by atoms with van der Waals surface area (Å²) in [4.78, 5) is 4.23. The minimum absolute atomic E-state index is 0.665. The lowest BCUT2D eigenvalue weighted by Gasteiger charge is -2.13. The van der Waals surface area contributed by atoms with Crippen LogP contribution in [0, 0.1) is 6.92 Å². The van der Waals surface area contributed by atoms with Crippen molar-refractivity contribution < 1.29 is 9.47 Å². The van der Waals surface area contributed by atoms with Gasteiger partial charge in [-0.3, -0.25) is 4.98 Å². The highest BCUT2D eigenvalue weighted by Gasteiger charge is 2.08. The van der Waals surface area contributed by atoms with Gasteiger partial charge in [-0.15, -0.1) is 0 Å². The fraction of sp³-hybridized carbons (Fsp3) is 0.312. The molecule has 1 N–H and O–H groups in total. The van der Waals surface area contributed by atoms with Crippen molar-refractivity contribution in [2.45, 2.75) is 13.5 Å². The summed E-state index contributed by atoms with van der Waals surface area (Å²) in [6, 6.07) is 9.36. The Bertz CT molecular complexity index is 590. The minimum Gasteiger partial charge on any atom is -0.455 e. The van der Waals surface area contributed by atoms with E-state index in [1.807, 2.05) is 37.3 Å². The number of nitrogens with one attached hydrogen (secondary N) is 1. The molecule has 2 aromatic rings. The molecular formula is C16H19ClN2O2. The fourth-order valence-electron chi connectivity index (χ4n) is 1.88. The molecule has 0 radical (unpaired) electrons. The van der Waals surface area contributed by atoms with Gasteiger partial charge in [-0.1, -0.05) is 11.6 Å². The zero-order valence-corrected chi connectivity index (χ0v) is 13.0. The lowest BCUT2D eigenvalue weighted by Crippen LogP contribution is -2.18. The molecule has 0 fully saturated rings. The summed E-state index contributed by atoms with van der Waals surface area (Å²) in [6.07, 6.45) is 1.75. The van der Waals surface area contributed by atoms with E-state index in [1.165, 1.54) is 0 Å². The van der Waals surface area contributed by atoms with Crippen molar-refractivity contribution in [2.75, 3.05) is 20.3 Å². The van der Waals surface area contributed by atoms with E-state index in [9.17, 15) is 0 Å². The summed E-state index contributed by atoms with van der Waals surface area (Å²) in [6.45, 7) is 4.02. The molecule has 0 unspecified atom stereocenters. The van der Waals surface area contributed by atoms with Crippen LogP contribution in [0.25, 0.3) is 0 Å². The van der Waals surface area contributed by atoms with Crippen LogP contribution in [0.15, 0.2) is 36.5 Å². The summed E-state index contributed by atoms with van der Waals surface area (Å²) in [5.74, 6) is 1.53. The van der Waals surface area contributed by atoms with Crippen molar-refractivity contribution in [2.24, 2.45) is 0 Å². The minimum atomic E-state index is 0.665. The van der Waals surface area contributed by atoms with Gasteiger partial charge in [-0.2, -0.15) is 0 Å². The highest BCUT2D eigenvalue weighted by molar-refractivity contribution is 6.30. The first-order chi connectivity index (χ1) is 10.2. The summed E-state index contributed by atoms with van der Waals surface area (Å²) >= 11 is 6.07. The maximum absolute atomic E-state index is 6.07. The molecule has 1 aromatic heterocycles. The number of halogens is 1. The van der Waals surface area contributed by atoms with E-state index in [-0.39, 0.29) is 0 Å². The lowest BCUT2D eigenvalue weighted by molar-refractivity contribution is 0.199. The van der Waals surface area contributed by atoms with Crippen LogP contribution in [0.4, 0.5) is 0 Å². The number of nitrogens with zero attached hydrogens (tertiary/aromatic N) is 1. The summed E-state index contributed by atoms with van der Waals surface area (Å²) in [5.41, 5.74) is 1.85. The first kappa shape index (κ1) is 15.8. The van der Waals surface area contributed by atoms with Gasteiger partial charge in [0.25, 0.3) is 0 Å². The Morgan fingerprint density at radius 1 is 1.24 bits per heavy atom. The number of hydrogen-bond donors (Lipinski definition) is 1. The lowest BCUT2D eigenvalue weighted by atomic mass is 10.2. The van der Waals surface area contributed by atoms with Crippen molar-refractivity contribution in [3.8, 4) is 11.5 Å². The van der Waals surface area contributed by atoms with Gasteiger partial charge in [0, 0.05) is 37.0 Å². The number of rotatable bonds is 7. The predicted molar refractivity (Wildman–Crippen MR) is 84.1 cm³/mol. The smallest absolute Gasteiger partial charge is 0.148 e. The average Bonchev–Trinajstić information content (AvgIpc) is 2.48. The van der Waals surface area contributed by atoms with E-state index in [0.29, 0.717) is 18.2 Å². The van der Waals surface area contributed by atoms with Crippen LogP contribution in [0.2, 0.25) is 5.02 Å². The standard InChI is InChI=1S/C16H19ClN2O2/c1-12-15(4-3-7-19-12)21-16-6-5-14(17)10-13(16)11-18-8-9-20-2/h3-7,10,18H,8-9,11H2,1-2H3. The van der Waals surface area contributed by atoms with Crippen molar-refractivity contribution >= 4 is 11.6 Å². The van der Waals surface area contributed by atoms with Crippen molar-refractivity contribution in [1.82, 2.24) is 10.3 Å². The number of methoxy groups -OCH3 is 1. The molecule has 112 valence electrons. The molecule has 0 spiro atoms. The summed E-state index contributed by atoms with van der Waals surface area (Å²) in [5, 5.41) is 3.98. The number of aromatic nitrogens is 1. The number of benzene rings is 1. The highest BCUT2D eigenvalue weighted by Crippen LogP contribution is 2.29. The zero-order valence-electron chi connectivity index (χ0n) is 12.2. The van der Waals surface area contributed by atoms with Crippen LogP contribution >= 0.6 is 11.6 Å². The molecule has 1 aromatic carbocycles. The molecule has 2 rings (SSSR count). The van der Waals surface area contributed by atoms with Gasteiger partial charge < -0.3 is 14.8 Å². The Morgan fingerprint density at radius 2 is 2.10 bits per heavy atom. The Balaban J connectivity index is 2.13. The third-order valence-electron chi connectivity index (χ3n) is 3.00. The van der Waals surface area contributed by atoms with E-state index in [1.54, 1.807) is 13.3 Å². The van der Waals surface area contributed by atoms with Gasteiger partial charge in [0.1, 0.15) is 11.5 Å². The Hall–Kier alpha value is -1.62. The molecule has 0 aliphatic rings. The summed E-state index contributed by atoms with van der Waals surface area (Å²) in [7, 11) is 1.68. The molecule has 0 bridgehead atoms. The molecular weight excluding hydrogens is 288 g/mol. The fourth-order valence-corrected chi connectivity index (χ4v) is 2.07. The van der Waals surface area contributed by atoms with Gasteiger partial charge in [0.2, 0.25) is 0 Å². The molecule has 0 amide bonds. The number of pyridine rings is 1. The van der Waals surface area contributed by atoms with Crippen LogP contribution in [0.3, 0.4) is 0 Å². The van der Waals surface area contributed by atoms with Crippen molar-refractivity contribution in [1.29, 1.82) is 0 Å². The molecule has 5 heteroatoms. The Morgan fingerprint density at radius 3 is 2.86 bits per heavy atom. The third-order valence-corrected chi connectivity index (χ3v) is 3.23. The molecule has 0 saturated carbocycles. The van der Waals surface area contributed by atoms with Crippen LogP contribution in [0.5, 0.6) is 11.5 Å². The van der Waals surface area contributed by atoms with E-state index >= 15 is 0 Å². The first-order valence-corrected chi connectivity index (χ1v) is 7.16. The zero-order chi connectivity index (χ0) is 15.1. The van der Waals surface area contributed by atoms with Gasteiger partial charge >= 0.3 is 0 Å². The van der Waals surface area contributed by atoms with E-state index in [4.69, 9.17) is 21.1 Å². The average molecular weight is 307 g/mol. The maximum atomic E-state index is 6.07. The van der Waals surface area contributed by atoms with Crippen LogP contribution in [-0.2, 0) is 11.3 Å². The maximum Gasteiger partial charge on any atom is 0.148 e. The first-order valence-electron chi connectivity index (χ1n) is 6.78. The van der Waals surface area contributed by atoms with E-state index in [0.717, 1.165) is 29.3 Å². The second-order valence-electron chi connectivity index (χ2n) is 4.61. The number of hydrogen-bond acceptors (Lipinski definition) is 4. The van der Waals surface area contributed by atoms with E-state index < -0.39 is 0 Å². The highest BCUT2D eigenvalue weighted by atomic mass is 35.5. The second-order valence-corrected chi connectivity index (χ2v) is 5.05. The normalized spacial score (nSPS) is 10.6. The van der Waals surface area contributed by atoms with Crippen molar-refractivity contribution in [3.63, 3.8) is 0 Å². The molecule has 1 heterocycles. The van der Waals surface area contributed by atoms with Gasteiger partial charge in [-0.05, 0) is 37.3 Å². The number of aryl methyl sites for hydroxylation is 1. The van der Waals surface area contributed by atoms with E-state index in [2.05, 4.69) is 10.3 Å². The predicted octanol–water partition coefficient (Wildman–Crippen LogP) is 3.57. The van der Waals surface area contributed by atoms with Crippen LogP contribution in [0.1, 0.15) is 11.3 Å².